The lowest BCUT2D eigenvalue weighted by atomic mass is 10.1. The summed E-state index contributed by atoms with van der Waals surface area (Å²) in [5.41, 5.74) is -0.165. The first-order valence-electron chi connectivity index (χ1n) is 7.45. The molecule has 1 aliphatic rings. The van der Waals surface area contributed by atoms with Crippen molar-refractivity contribution in [2.45, 2.75) is 24.6 Å². The molecule has 9 heteroatoms. The molecule has 130 valence electrons. The lowest BCUT2D eigenvalue weighted by Crippen LogP contribution is -2.44. The molecule has 0 radical (unpaired) electrons. The van der Waals surface area contributed by atoms with Crippen molar-refractivity contribution in [1.29, 1.82) is 5.26 Å². The Balaban J connectivity index is 1.65. The fourth-order valence-electron chi connectivity index (χ4n) is 2.02. The first kappa shape index (κ1) is 17.1. The highest BCUT2D eigenvalue weighted by molar-refractivity contribution is 7.99. The van der Waals surface area contributed by atoms with Crippen LogP contribution in [0.1, 0.15) is 13.8 Å². The van der Waals surface area contributed by atoms with Crippen molar-refractivity contribution in [3.8, 4) is 29.0 Å². The molecule has 1 amide bonds. The maximum absolute atomic E-state index is 12.2. The highest BCUT2D eigenvalue weighted by Gasteiger charge is 2.27. The van der Waals surface area contributed by atoms with Gasteiger partial charge in [-0.2, -0.15) is 5.26 Å². The number of aromatic nitrogens is 2. The largest absolute Gasteiger partial charge is 0.454 e. The van der Waals surface area contributed by atoms with Gasteiger partial charge in [-0.1, -0.05) is 11.8 Å². The average Bonchev–Trinajstić information content (AvgIpc) is 3.27. The van der Waals surface area contributed by atoms with Crippen LogP contribution in [0.5, 0.6) is 11.5 Å². The molecule has 0 saturated carbocycles. The van der Waals surface area contributed by atoms with E-state index in [1.54, 1.807) is 39.1 Å². The molecule has 0 bridgehead atoms. The predicted octanol–water partition coefficient (Wildman–Crippen LogP) is 2.32. The van der Waals surface area contributed by atoms with Gasteiger partial charge in [0, 0.05) is 12.6 Å². The molecule has 0 atom stereocenters. The topological polar surface area (TPSA) is 101 Å². The molecule has 0 fully saturated rings. The molecule has 25 heavy (non-hydrogen) atoms. The van der Waals surface area contributed by atoms with Gasteiger partial charge in [-0.3, -0.25) is 4.79 Å². The molecule has 2 aromatic rings. The van der Waals surface area contributed by atoms with E-state index in [4.69, 9.17) is 19.2 Å². The molecular weight excluding hydrogens is 344 g/mol. The van der Waals surface area contributed by atoms with Gasteiger partial charge >= 0.3 is 0 Å². The Bertz CT molecular complexity index is 843. The van der Waals surface area contributed by atoms with E-state index in [1.165, 1.54) is 4.90 Å². The van der Waals surface area contributed by atoms with Crippen molar-refractivity contribution < 1.29 is 18.7 Å². The lowest BCUT2D eigenvalue weighted by molar-refractivity contribution is -0.130. The Hall–Kier alpha value is -2.73. The summed E-state index contributed by atoms with van der Waals surface area (Å²) in [7, 11) is 1.60. The number of benzene rings is 1. The van der Waals surface area contributed by atoms with Gasteiger partial charge in [0.05, 0.1) is 11.8 Å². The molecule has 0 unspecified atom stereocenters. The van der Waals surface area contributed by atoms with E-state index in [0.717, 1.165) is 11.8 Å². The third kappa shape index (κ3) is 3.53. The van der Waals surface area contributed by atoms with Gasteiger partial charge in [0.25, 0.3) is 5.22 Å². The van der Waals surface area contributed by atoms with Crippen LogP contribution in [0.2, 0.25) is 0 Å². The summed E-state index contributed by atoms with van der Waals surface area (Å²) in [6.45, 7) is 3.55. The van der Waals surface area contributed by atoms with Crippen molar-refractivity contribution in [3.63, 3.8) is 0 Å². The highest BCUT2D eigenvalue weighted by atomic mass is 32.2. The summed E-state index contributed by atoms with van der Waals surface area (Å²) >= 11 is 1.13. The summed E-state index contributed by atoms with van der Waals surface area (Å²) in [5, 5.41) is 17.3. The van der Waals surface area contributed by atoms with Crippen LogP contribution in [0.4, 0.5) is 0 Å². The molecule has 2 heterocycles. The number of carbonyl (C=O) groups is 1. The maximum atomic E-state index is 12.2. The molecular formula is C16H16N4O4S. The molecule has 0 spiro atoms. The molecule has 3 rings (SSSR count). The van der Waals surface area contributed by atoms with Crippen molar-refractivity contribution >= 4 is 17.7 Å². The molecule has 1 aromatic carbocycles. The van der Waals surface area contributed by atoms with Gasteiger partial charge < -0.3 is 18.8 Å². The van der Waals surface area contributed by atoms with Crippen molar-refractivity contribution in [2.24, 2.45) is 0 Å². The highest BCUT2D eigenvalue weighted by Crippen LogP contribution is 2.36. The molecule has 1 aromatic heterocycles. The number of rotatable bonds is 5. The number of amides is 1. The second-order valence-electron chi connectivity index (χ2n) is 5.85. The normalized spacial score (nSPS) is 12.7. The quantitative estimate of drug-likeness (QED) is 0.749. The number of carbonyl (C=O) groups excluding carboxylic acids is 1. The molecule has 0 aliphatic carbocycles. The number of nitriles is 1. The second-order valence-corrected chi connectivity index (χ2v) is 6.78. The summed E-state index contributed by atoms with van der Waals surface area (Å²) in [4.78, 5) is 13.6. The number of thioether (sulfide) groups is 1. The van der Waals surface area contributed by atoms with Gasteiger partial charge in [0.2, 0.25) is 18.6 Å². The fourth-order valence-corrected chi connectivity index (χ4v) is 2.70. The minimum absolute atomic E-state index is 0.102. The van der Waals surface area contributed by atoms with Crippen LogP contribution in [-0.4, -0.2) is 46.1 Å². The van der Waals surface area contributed by atoms with E-state index < -0.39 is 5.54 Å². The first-order valence-corrected chi connectivity index (χ1v) is 8.43. The number of nitrogens with zero attached hydrogens (tertiary/aromatic N) is 4. The fraction of sp³-hybridized carbons (Fsp3) is 0.375. The Morgan fingerprint density at radius 2 is 2.12 bits per heavy atom. The summed E-state index contributed by atoms with van der Waals surface area (Å²) in [5.74, 6) is 1.54. The Kier molecular flexibility index (Phi) is 4.55. The molecule has 0 N–H and O–H groups in total. The Labute approximate surface area is 148 Å². The van der Waals surface area contributed by atoms with Crippen LogP contribution in [0.3, 0.4) is 0 Å². The monoisotopic (exact) mass is 360 g/mol. The summed E-state index contributed by atoms with van der Waals surface area (Å²) < 4.78 is 16.2. The zero-order chi connectivity index (χ0) is 18.0. The zero-order valence-corrected chi connectivity index (χ0v) is 14.8. The van der Waals surface area contributed by atoms with Crippen LogP contribution >= 0.6 is 11.8 Å². The number of hydrogen-bond donors (Lipinski definition) is 0. The van der Waals surface area contributed by atoms with Gasteiger partial charge in [0.1, 0.15) is 5.54 Å². The Morgan fingerprint density at radius 1 is 1.36 bits per heavy atom. The summed E-state index contributed by atoms with van der Waals surface area (Å²) in [6, 6.07) is 7.42. The minimum Gasteiger partial charge on any atom is -0.454 e. The van der Waals surface area contributed by atoms with Gasteiger partial charge in [0.15, 0.2) is 11.5 Å². The second kappa shape index (κ2) is 6.64. The van der Waals surface area contributed by atoms with Crippen LogP contribution in [0, 0.1) is 11.3 Å². The van der Waals surface area contributed by atoms with Crippen LogP contribution in [0.25, 0.3) is 11.5 Å². The predicted molar refractivity (Wildman–Crippen MR) is 89.0 cm³/mol. The third-order valence-electron chi connectivity index (χ3n) is 3.83. The summed E-state index contributed by atoms with van der Waals surface area (Å²) in [6.07, 6.45) is 0. The zero-order valence-electron chi connectivity index (χ0n) is 14.0. The van der Waals surface area contributed by atoms with Crippen molar-refractivity contribution in [3.05, 3.63) is 18.2 Å². The van der Waals surface area contributed by atoms with Crippen LogP contribution < -0.4 is 9.47 Å². The Morgan fingerprint density at radius 3 is 2.88 bits per heavy atom. The molecule has 1 aliphatic heterocycles. The van der Waals surface area contributed by atoms with Gasteiger partial charge in [-0.25, -0.2) is 0 Å². The SMILES string of the molecule is CN(C(=O)CSc1nnc(-c2ccc3c(c2)OCO3)o1)C(C)(C)C#N. The van der Waals surface area contributed by atoms with E-state index in [0.29, 0.717) is 23.0 Å². The van der Waals surface area contributed by atoms with Gasteiger partial charge in [-0.05, 0) is 32.0 Å². The van der Waals surface area contributed by atoms with Crippen molar-refractivity contribution in [1.82, 2.24) is 15.1 Å². The van der Waals surface area contributed by atoms with E-state index in [2.05, 4.69) is 16.3 Å². The number of ether oxygens (including phenoxy) is 2. The average molecular weight is 360 g/mol. The van der Waals surface area contributed by atoms with E-state index in [-0.39, 0.29) is 23.7 Å². The smallest absolute Gasteiger partial charge is 0.277 e. The van der Waals surface area contributed by atoms with Gasteiger partial charge in [-0.15, -0.1) is 10.2 Å². The molecule has 8 nitrogen and oxygen atoms in total. The van der Waals surface area contributed by atoms with Crippen LogP contribution in [-0.2, 0) is 4.79 Å². The van der Waals surface area contributed by atoms with E-state index in [1.807, 2.05) is 0 Å². The molecule has 0 saturated heterocycles. The maximum Gasteiger partial charge on any atom is 0.277 e. The third-order valence-corrected chi connectivity index (χ3v) is 4.63. The number of hydrogen-bond acceptors (Lipinski definition) is 8. The number of fused-ring (bicyclic) bond motifs is 1. The standard InChI is InChI=1S/C16H16N4O4S/c1-16(2,8-17)20(3)13(21)7-25-15-19-18-14(24-15)10-4-5-11-12(6-10)23-9-22-11/h4-6H,7,9H2,1-3H3. The van der Waals surface area contributed by atoms with E-state index >= 15 is 0 Å². The van der Waals surface area contributed by atoms with Crippen molar-refractivity contribution in [2.75, 3.05) is 19.6 Å². The van der Waals surface area contributed by atoms with Crippen LogP contribution in [0.15, 0.2) is 27.8 Å². The van der Waals surface area contributed by atoms with E-state index in [9.17, 15) is 4.79 Å². The first-order chi connectivity index (χ1) is 11.9. The minimum atomic E-state index is -0.871. The lowest BCUT2D eigenvalue weighted by Gasteiger charge is -2.28.